The zero-order chi connectivity index (χ0) is 11.3. The molecule has 1 rings (SSSR count). The van der Waals surface area contributed by atoms with Crippen molar-refractivity contribution in [1.82, 2.24) is 5.01 Å². The molecular formula is C9H14N2O4. The Bertz CT molecular complexity index is 288. The van der Waals surface area contributed by atoms with Gasteiger partial charge in [-0.05, 0) is 6.42 Å². The van der Waals surface area contributed by atoms with E-state index in [0.717, 1.165) is 0 Å². The molecule has 1 aliphatic rings. The summed E-state index contributed by atoms with van der Waals surface area (Å²) >= 11 is 0. The Hall–Kier alpha value is -1.43. The van der Waals surface area contributed by atoms with Gasteiger partial charge in [0.1, 0.15) is 6.61 Å². The van der Waals surface area contributed by atoms with Crippen molar-refractivity contribution in [3.63, 3.8) is 0 Å². The average molecular weight is 214 g/mol. The standard InChI is InChI=1S/C9H14N2O4/c1-7(13)15-6-8-2-3-9(14)11(10-8)4-5-12/h12H,2-6H2,1H3. The van der Waals surface area contributed by atoms with Gasteiger partial charge < -0.3 is 9.84 Å². The molecule has 0 aromatic heterocycles. The maximum Gasteiger partial charge on any atom is 0.303 e. The van der Waals surface area contributed by atoms with Crippen molar-refractivity contribution in [3.05, 3.63) is 0 Å². The Balaban J connectivity index is 2.53. The first-order valence-electron chi connectivity index (χ1n) is 4.74. The van der Waals surface area contributed by atoms with Gasteiger partial charge in [-0.3, -0.25) is 9.59 Å². The number of β-amino-alcohol motifs (C(OH)–C–C–N with tert-alkyl or cyclic N) is 1. The number of carbonyl (C=O) groups is 2. The van der Waals surface area contributed by atoms with Crippen molar-refractivity contribution in [2.75, 3.05) is 19.8 Å². The second-order valence-electron chi connectivity index (χ2n) is 3.19. The molecule has 1 N–H and O–H groups in total. The highest BCUT2D eigenvalue weighted by molar-refractivity contribution is 5.94. The van der Waals surface area contributed by atoms with Gasteiger partial charge in [0.15, 0.2) is 0 Å². The lowest BCUT2D eigenvalue weighted by atomic mass is 10.2. The summed E-state index contributed by atoms with van der Waals surface area (Å²) in [4.78, 5) is 21.8. The second-order valence-corrected chi connectivity index (χ2v) is 3.19. The smallest absolute Gasteiger partial charge is 0.303 e. The van der Waals surface area contributed by atoms with Crippen LogP contribution in [0.25, 0.3) is 0 Å². The number of hydrazone groups is 1. The molecule has 0 aromatic carbocycles. The molecule has 0 spiro atoms. The van der Waals surface area contributed by atoms with Crippen LogP contribution in [0.3, 0.4) is 0 Å². The zero-order valence-electron chi connectivity index (χ0n) is 8.60. The van der Waals surface area contributed by atoms with Gasteiger partial charge >= 0.3 is 5.97 Å². The molecule has 0 unspecified atom stereocenters. The first kappa shape index (κ1) is 11.6. The fourth-order valence-electron chi connectivity index (χ4n) is 1.21. The summed E-state index contributed by atoms with van der Waals surface area (Å²) in [6.45, 7) is 1.49. The fraction of sp³-hybridized carbons (Fsp3) is 0.667. The molecule has 6 heteroatoms. The SMILES string of the molecule is CC(=O)OCC1=NN(CCO)C(=O)CC1. The van der Waals surface area contributed by atoms with E-state index in [1.807, 2.05) is 0 Å². The minimum atomic E-state index is -0.372. The molecule has 1 amide bonds. The molecule has 0 aromatic rings. The maximum absolute atomic E-state index is 11.3. The quantitative estimate of drug-likeness (QED) is 0.641. The zero-order valence-corrected chi connectivity index (χ0v) is 8.60. The van der Waals surface area contributed by atoms with Crippen molar-refractivity contribution in [3.8, 4) is 0 Å². The first-order valence-corrected chi connectivity index (χ1v) is 4.74. The minimum Gasteiger partial charge on any atom is -0.460 e. The molecule has 0 aliphatic carbocycles. The molecule has 0 saturated carbocycles. The molecule has 0 fully saturated rings. The first-order chi connectivity index (χ1) is 7.13. The van der Waals surface area contributed by atoms with Crippen molar-refractivity contribution < 1.29 is 19.4 Å². The number of nitrogens with zero attached hydrogens (tertiary/aromatic N) is 2. The fourth-order valence-corrected chi connectivity index (χ4v) is 1.21. The number of rotatable bonds is 4. The van der Waals surface area contributed by atoms with Crippen LogP contribution in [0.15, 0.2) is 5.10 Å². The van der Waals surface area contributed by atoms with Crippen LogP contribution < -0.4 is 0 Å². The summed E-state index contributed by atoms with van der Waals surface area (Å²) < 4.78 is 4.77. The number of aliphatic hydroxyl groups is 1. The van der Waals surface area contributed by atoms with Crippen molar-refractivity contribution in [2.45, 2.75) is 19.8 Å². The Kier molecular flexibility index (Phi) is 4.23. The lowest BCUT2D eigenvalue weighted by molar-refractivity contribution is -0.139. The van der Waals surface area contributed by atoms with Gasteiger partial charge in [-0.2, -0.15) is 5.10 Å². The van der Waals surface area contributed by atoms with Crippen LogP contribution in [0.4, 0.5) is 0 Å². The van der Waals surface area contributed by atoms with Crippen LogP contribution in [0.1, 0.15) is 19.8 Å². The number of ether oxygens (including phenoxy) is 1. The number of carbonyl (C=O) groups excluding carboxylic acids is 2. The Morgan fingerprint density at radius 3 is 2.93 bits per heavy atom. The summed E-state index contributed by atoms with van der Waals surface area (Å²) in [6, 6.07) is 0. The highest BCUT2D eigenvalue weighted by Gasteiger charge is 2.20. The number of hydrogen-bond donors (Lipinski definition) is 1. The summed E-state index contributed by atoms with van der Waals surface area (Å²) in [5.74, 6) is -0.487. The summed E-state index contributed by atoms with van der Waals surface area (Å²) in [5.41, 5.74) is 0.651. The topological polar surface area (TPSA) is 79.2 Å². The Morgan fingerprint density at radius 1 is 1.60 bits per heavy atom. The molecule has 1 aliphatic heterocycles. The van der Waals surface area contributed by atoms with E-state index in [1.54, 1.807) is 0 Å². The van der Waals surface area contributed by atoms with Crippen molar-refractivity contribution in [1.29, 1.82) is 0 Å². The highest BCUT2D eigenvalue weighted by atomic mass is 16.5. The molecular weight excluding hydrogens is 200 g/mol. The van der Waals surface area contributed by atoms with Crippen LogP contribution >= 0.6 is 0 Å². The molecule has 84 valence electrons. The van der Waals surface area contributed by atoms with Crippen LogP contribution in [-0.4, -0.2) is 47.5 Å². The van der Waals surface area contributed by atoms with Crippen LogP contribution in [0, 0.1) is 0 Å². The van der Waals surface area contributed by atoms with Crippen LogP contribution in [0.2, 0.25) is 0 Å². The molecule has 1 heterocycles. The third-order valence-corrected chi connectivity index (χ3v) is 1.93. The molecule has 0 radical (unpaired) electrons. The van der Waals surface area contributed by atoms with E-state index in [9.17, 15) is 9.59 Å². The summed E-state index contributed by atoms with van der Waals surface area (Å²) in [5, 5.41) is 13.9. The minimum absolute atomic E-state index is 0.115. The molecule has 0 bridgehead atoms. The van der Waals surface area contributed by atoms with E-state index >= 15 is 0 Å². The van der Waals surface area contributed by atoms with Crippen LogP contribution in [0.5, 0.6) is 0 Å². The predicted molar refractivity (Wildman–Crippen MR) is 52.1 cm³/mol. The number of aliphatic hydroxyl groups excluding tert-OH is 1. The van der Waals surface area contributed by atoms with E-state index in [4.69, 9.17) is 9.84 Å². The molecule has 6 nitrogen and oxygen atoms in total. The Labute approximate surface area is 87.5 Å². The monoisotopic (exact) mass is 214 g/mol. The van der Waals surface area contributed by atoms with E-state index in [0.29, 0.717) is 18.6 Å². The predicted octanol–water partition coefficient (Wildman–Crippen LogP) is -0.480. The lowest BCUT2D eigenvalue weighted by Crippen LogP contribution is -2.35. The molecule has 0 saturated heterocycles. The number of hydrogen-bond acceptors (Lipinski definition) is 5. The van der Waals surface area contributed by atoms with Gasteiger partial charge in [0.05, 0.1) is 18.9 Å². The van der Waals surface area contributed by atoms with Gasteiger partial charge in [-0.15, -0.1) is 0 Å². The van der Waals surface area contributed by atoms with Crippen molar-refractivity contribution in [2.24, 2.45) is 5.10 Å². The maximum atomic E-state index is 11.3. The van der Waals surface area contributed by atoms with Gasteiger partial charge in [0.25, 0.3) is 0 Å². The third-order valence-electron chi connectivity index (χ3n) is 1.93. The van der Waals surface area contributed by atoms with E-state index in [1.165, 1.54) is 11.9 Å². The number of amides is 1. The largest absolute Gasteiger partial charge is 0.460 e. The summed E-state index contributed by atoms with van der Waals surface area (Å²) in [6.07, 6.45) is 0.855. The second kappa shape index (κ2) is 5.45. The normalized spacial score (nSPS) is 16.3. The highest BCUT2D eigenvalue weighted by Crippen LogP contribution is 2.08. The van der Waals surface area contributed by atoms with Gasteiger partial charge in [0.2, 0.25) is 5.91 Å². The van der Waals surface area contributed by atoms with Gasteiger partial charge in [-0.25, -0.2) is 5.01 Å². The molecule has 0 atom stereocenters. The molecule has 15 heavy (non-hydrogen) atoms. The van der Waals surface area contributed by atoms with E-state index in [2.05, 4.69) is 5.10 Å². The number of esters is 1. The van der Waals surface area contributed by atoms with Gasteiger partial charge in [-0.1, -0.05) is 0 Å². The van der Waals surface area contributed by atoms with E-state index < -0.39 is 0 Å². The van der Waals surface area contributed by atoms with E-state index in [-0.39, 0.29) is 31.6 Å². The van der Waals surface area contributed by atoms with Crippen molar-refractivity contribution >= 4 is 17.6 Å². The van der Waals surface area contributed by atoms with Crippen LogP contribution in [-0.2, 0) is 14.3 Å². The summed E-state index contributed by atoms with van der Waals surface area (Å²) in [7, 11) is 0. The van der Waals surface area contributed by atoms with Gasteiger partial charge in [0, 0.05) is 13.3 Å². The third kappa shape index (κ3) is 3.67. The Morgan fingerprint density at radius 2 is 2.33 bits per heavy atom. The average Bonchev–Trinajstić information content (AvgIpc) is 2.19. The lowest BCUT2D eigenvalue weighted by Gasteiger charge is -2.22.